The van der Waals surface area contributed by atoms with E-state index >= 15 is 0 Å². The number of aromatic carboxylic acids is 1. The van der Waals surface area contributed by atoms with Gasteiger partial charge in [0.2, 0.25) is 5.76 Å². The third kappa shape index (κ3) is 2.07. The second kappa shape index (κ2) is 4.96. The predicted molar refractivity (Wildman–Crippen MR) is 72.9 cm³/mol. The number of aryl methyl sites for hydroxylation is 3. The van der Waals surface area contributed by atoms with Crippen LogP contribution in [0.2, 0.25) is 0 Å². The smallest absolute Gasteiger partial charge is 0.372 e. The van der Waals surface area contributed by atoms with Crippen molar-refractivity contribution in [3.8, 4) is 5.75 Å². The molecule has 1 aromatic carbocycles. The summed E-state index contributed by atoms with van der Waals surface area (Å²) in [7, 11) is 0. The average Bonchev–Trinajstić information content (AvgIpc) is 2.71. The minimum atomic E-state index is -1.10. The summed E-state index contributed by atoms with van der Waals surface area (Å²) in [5.41, 5.74) is 2.79. The second-order valence-electron chi connectivity index (χ2n) is 4.71. The first-order chi connectivity index (χ1) is 9.01. The zero-order valence-corrected chi connectivity index (χ0v) is 11.4. The van der Waals surface area contributed by atoms with Crippen molar-refractivity contribution in [3.63, 3.8) is 0 Å². The van der Waals surface area contributed by atoms with E-state index in [1.165, 1.54) is 0 Å². The molecule has 2 rings (SSSR count). The Balaban J connectivity index is 2.85. The number of carboxylic acids is 1. The van der Waals surface area contributed by atoms with Crippen LogP contribution >= 0.6 is 0 Å². The maximum absolute atomic E-state index is 11.2. The minimum absolute atomic E-state index is 0.0871. The van der Waals surface area contributed by atoms with E-state index < -0.39 is 5.97 Å². The molecule has 0 bridgehead atoms. The summed E-state index contributed by atoms with van der Waals surface area (Å²) in [6, 6.07) is 1.91. The predicted octanol–water partition coefficient (Wildman–Crippen LogP) is 3.66. The highest BCUT2D eigenvalue weighted by Crippen LogP contribution is 2.38. The van der Waals surface area contributed by atoms with Crippen LogP contribution in [0.25, 0.3) is 11.0 Å². The normalized spacial score (nSPS) is 11.1. The van der Waals surface area contributed by atoms with E-state index in [9.17, 15) is 9.90 Å². The molecule has 0 atom stereocenters. The first-order valence-electron chi connectivity index (χ1n) is 6.51. The Labute approximate surface area is 111 Å². The van der Waals surface area contributed by atoms with Crippen LogP contribution in [-0.4, -0.2) is 16.2 Å². The molecule has 2 N–H and O–H groups in total. The molecule has 19 heavy (non-hydrogen) atoms. The topological polar surface area (TPSA) is 70.7 Å². The van der Waals surface area contributed by atoms with E-state index in [-0.39, 0.29) is 11.5 Å². The first kappa shape index (κ1) is 13.5. The standard InChI is InChI=1S/C15H18O4/c1-4-6-10-7-9(5-2)12(16)11-8(3)13(15(17)18)19-14(10)11/h7,16H,4-6H2,1-3H3,(H,17,18). The summed E-state index contributed by atoms with van der Waals surface area (Å²) in [6.07, 6.45) is 2.44. The van der Waals surface area contributed by atoms with Gasteiger partial charge in [0.1, 0.15) is 11.3 Å². The Kier molecular flexibility index (Phi) is 3.51. The Bertz CT molecular complexity index is 637. The maximum Gasteiger partial charge on any atom is 0.372 e. The van der Waals surface area contributed by atoms with Crippen molar-refractivity contribution in [1.82, 2.24) is 0 Å². The SMILES string of the molecule is CCCc1cc(CC)c(O)c2c(C)c(C(=O)O)oc12. The van der Waals surface area contributed by atoms with Crippen molar-refractivity contribution in [2.45, 2.75) is 40.0 Å². The summed E-state index contributed by atoms with van der Waals surface area (Å²) >= 11 is 0. The molecule has 0 radical (unpaired) electrons. The molecule has 0 saturated heterocycles. The van der Waals surface area contributed by atoms with Gasteiger partial charge >= 0.3 is 5.97 Å². The van der Waals surface area contributed by atoms with Gasteiger partial charge in [0.05, 0.1) is 5.39 Å². The van der Waals surface area contributed by atoms with Crippen LogP contribution in [0.3, 0.4) is 0 Å². The number of phenolic OH excluding ortho intramolecular Hbond substituents is 1. The van der Waals surface area contributed by atoms with Gasteiger partial charge in [-0.05, 0) is 37.0 Å². The Morgan fingerprint density at radius 1 is 1.32 bits per heavy atom. The lowest BCUT2D eigenvalue weighted by Gasteiger charge is -2.08. The molecular formula is C15H18O4. The van der Waals surface area contributed by atoms with E-state index in [1.807, 2.05) is 13.0 Å². The van der Waals surface area contributed by atoms with Crippen LogP contribution in [0.15, 0.2) is 10.5 Å². The summed E-state index contributed by atoms with van der Waals surface area (Å²) in [5.74, 6) is -1.05. The number of furan rings is 1. The summed E-state index contributed by atoms with van der Waals surface area (Å²) < 4.78 is 5.46. The van der Waals surface area contributed by atoms with Crippen molar-refractivity contribution in [2.75, 3.05) is 0 Å². The molecule has 0 aliphatic heterocycles. The quantitative estimate of drug-likeness (QED) is 0.882. The zero-order chi connectivity index (χ0) is 14.2. The van der Waals surface area contributed by atoms with Gasteiger partial charge in [-0.2, -0.15) is 0 Å². The monoisotopic (exact) mass is 262 g/mol. The van der Waals surface area contributed by atoms with Crippen LogP contribution in [-0.2, 0) is 12.8 Å². The molecule has 0 aliphatic rings. The number of fused-ring (bicyclic) bond motifs is 1. The van der Waals surface area contributed by atoms with E-state index in [0.29, 0.717) is 23.0 Å². The lowest BCUT2D eigenvalue weighted by atomic mass is 9.98. The molecular weight excluding hydrogens is 244 g/mol. The zero-order valence-electron chi connectivity index (χ0n) is 11.4. The van der Waals surface area contributed by atoms with E-state index in [1.54, 1.807) is 6.92 Å². The molecule has 0 fully saturated rings. The van der Waals surface area contributed by atoms with Crippen molar-refractivity contribution < 1.29 is 19.4 Å². The third-order valence-electron chi connectivity index (χ3n) is 3.42. The number of phenols is 1. The van der Waals surface area contributed by atoms with Crippen molar-refractivity contribution in [1.29, 1.82) is 0 Å². The van der Waals surface area contributed by atoms with E-state index in [4.69, 9.17) is 9.52 Å². The molecule has 0 saturated carbocycles. The van der Waals surface area contributed by atoms with Crippen molar-refractivity contribution >= 4 is 16.9 Å². The summed E-state index contributed by atoms with van der Waals surface area (Å²) in [5, 5.41) is 19.9. The highest BCUT2D eigenvalue weighted by atomic mass is 16.4. The van der Waals surface area contributed by atoms with Gasteiger partial charge in [0, 0.05) is 5.56 Å². The minimum Gasteiger partial charge on any atom is -0.507 e. The summed E-state index contributed by atoms with van der Waals surface area (Å²) in [4.78, 5) is 11.2. The molecule has 102 valence electrons. The third-order valence-corrected chi connectivity index (χ3v) is 3.42. The lowest BCUT2D eigenvalue weighted by molar-refractivity contribution is 0.0664. The number of hydrogen-bond acceptors (Lipinski definition) is 3. The molecule has 4 heteroatoms. The number of rotatable bonds is 4. The fraction of sp³-hybridized carbons (Fsp3) is 0.400. The van der Waals surface area contributed by atoms with Gasteiger partial charge in [0.15, 0.2) is 0 Å². The molecule has 2 aromatic rings. The van der Waals surface area contributed by atoms with E-state index in [0.717, 1.165) is 24.0 Å². The van der Waals surface area contributed by atoms with Crippen molar-refractivity contribution in [3.05, 3.63) is 28.5 Å². The molecule has 4 nitrogen and oxygen atoms in total. The molecule has 0 unspecified atom stereocenters. The fourth-order valence-corrected chi connectivity index (χ4v) is 2.46. The number of benzene rings is 1. The molecule has 0 aliphatic carbocycles. The molecule has 1 aromatic heterocycles. The van der Waals surface area contributed by atoms with Crippen LogP contribution in [0.1, 0.15) is 47.5 Å². The van der Waals surface area contributed by atoms with Crippen LogP contribution < -0.4 is 0 Å². The van der Waals surface area contributed by atoms with Crippen LogP contribution in [0.5, 0.6) is 5.75 Å². The van der Waals surface area contributed by atoms with E-state index in [2.05, 4.69) is 6.92 Å². The highest BCUT2D eigenvalue weighted by molar-refractivity contribution is 5.99. The van der Waals surface area contributed by atoms with Crippen LogP contribution in [0.4, 0.5) is 0 Å². The molecule has 0 amide bonds. The average molecular weight is 262 g/mol. The fourth-order valence-electron chi connectivity index (χ4n) is 2.46. The van der Waals surface area contributed by atoms with Gasteiger partial charge in [0.25, 0.3) is 0 Å². The van der Waals surface area contributed by atoms with Gasteiger partial charge in [-0.3, -0.25) is 0 Å². The maximum atomic E-state index is 11.2. The number of carbonyl (C=O) groups is 1. The Morgan fingerprint density at radius 3 is 2.53 bits per heavy atom. The van der Waals surface area contributed by atoms with Gasteiger partial charge < -0.3 is 14.6 Å². The van der Waals surface area contributed by atoms with Gasteiger partial charge in [-0.25, -0.2) is 4.79 Å². The van der Waals surface area contributed by atoms with Crippen LogP contribution in [0, 0.1) is 6.92 Å². The van der Waals surface area contributed by atoms with Gasteiger partial charge in [-0.15, -0.1) is 0 Å². The number of hydrogen-bond donors (Lipinski definition) is 2. The largest absolute Gasteiger partial charge is 0.507 e. The molecule has 1 heterocycles. The van der Waals surface area contributed by atoms with Crippen molar-refractivity contribution in [2.24, 2.45) is 0 Å². The number of aromatic hydroxyl groups is 1. The Hall–Kier alpha value is -1.97. The molecule has 0 spiro atoms. The Morgan fingerprint density at radius 2 is 2.00 bits per heavy atom. The number of carboxylic acid groups (broad SMARTS) is 1. The lowest BCUT2D eigenvalue weighted by Crippen LogP contribution is -1.95. The first-order valence-corrected chi connectivity index (χ1v) is 6.51. The highest BCUT2D eigenvalue weighted by Gasteiger charge is 2.22. The second-order valence-corrected chi connectivity index (χ2v) is 4.71. The van der Waals surface area contributed by atoms with Gasteiger partial charge in [-0.1, -0.05) is 20.3 Å². The summed E-state index contributed by atoms with van der Waals surface area (Å²) in [6.45, 7) is 5.69.